The molecule has 0 unspecified atom stereocenters. The molecule has 4 fully saturated rings. The maximum Gasteiger partial charge on any atom is 0.0463 e. The molecule has 1 aliphatic heterocycles. The monoisotopic (exact) mass is 221 g/mol. The molecule has 3 heteroatoms. The summed E-state index contributed by atoms with van der Waals surface area (Å²) in [5, 5.41) is 3.43. The van der Waals surface area contributed by atoms with Crippen LogP contribution >= 0.6 is 24.0 Å². The van der Waals surface area contributed by atoms with Crippen molar-refractivity contribution in [2.75, 3.05) is 13.1 Å². The summed E-state index contributed by atoms with van der Waals surface area (Å²) in [5.74, 6) is 0.999. The molecule has 2 bridgehead atoms. The quantitative estimate of drug-likeness (QED) is 0.672. The van der Waals surface area contributed by atoms with Crippen LogP contribution in [0.1, 0.15) is 32.1 Å². The molecule has 4 aliphatic rings. The minimum Gasteiger partial charge on any atom is -0.317 e. The maximum absolute atomic E-state index is 6.26. The molecule has 0 radical (unpaired) electrons. The zero-order valence-electron chi connectivity index (χ0n) is 7.81. The Morgan fingerprint density at radius 2 is 1.62 bits per heavy atom. The largest absolute Gasteiger partial charge is 0.317 e. The molecule has 13 heavy (non-hydrogen) atoms. The first-order valence-electron chi connectivity index (χ1n) is 5.12. The van der Waals surface area contributed by atoms with Gasteiger partial charge in [0.15, 0.2) is 0 Å². The Bertz CT molecular complexity index is 191. The van der Waals surface area contributed by atoms with Crippen molar-refractivity contribution in [3.05, 3.63) is 0 Å². The summed E-state index contributed by atoms with van der Waals surface area (Å²) in [6.45, 7) is 2.48. The number of rotatable bonds is 1. The number of piperidine rings is 1. The van der Waals surface area contributed by atoms with Gasteiger partial charge >= 0.3 is 0 Å². The summed E-state index contributed by atoms with van der Waals surface area (Å²) >= 11 is 6.26. The van der Waals surface area contributed by atoms with E-state index in [1.54, 1.807) is 0 Å². The first-order valence-corrected chi connectivity index (χ1v) is 5.50. The van der Waals surface area contributed by atoms with Crippen molar-refractivity contribution in [2.45, 2.75) is 37.0 Å². The average molecular weight is 222 g/mol. The van der Waals surface area contributed by atoms with Crippen LogP contribution in [0.15, 0.2) is 0 Å². The lowest BCUT2D eigenvalue weighted by molar-refractivity contribution is -0.136. The fourth-order valence-electron chi connectivity index (χ4n) is 3.60. The van der Waals surface area contributed by atoms with Crippen LogP contribution in [0.25, 0.3) is 0 Å². The van der Waals surface area contributed by atoms with E-state index in [2.05, 4.69) is 5.32 Å². The summed E-state index contributed by atoms with van der Waals surface area (Å²) in [6.07, 6.45) is 6.77. The molecule has 0 spiro atoms. The lowest BCUT2D eigenvalue weighted by Gasteiger charge is -2.71. The Kier molecular flexibility index (Phi) is 2.33. The van der Waals surface area contributed by atoms with Gasteiger partial charge in [-0.15, -0.1) is 24.0 Å². The molecule has 0 atom stereocenters. The van der Waals surface area contributed by atoms with E-state index in [1.807, 2.05) is 0 Å². The van der Waals surface area contributed by atoms with Gasteiger partial charge < -0.3 is 5.32 Å². The fraction of sp³-hybridized carbons (Fsp3) is 1.00. The van der Waals surface area contributed by atoms with Crippen LogP contribution in [0.4, 0.5) is 0 Å². The number of halogens is 2. The summed E-state index contributed by atoms with van der Waals surface area (Å²) < 4.78 is 0. The molecule has 3 saturated carbocycles. The van der Waals surface area contributed by atoms with Crippen molar-refractivity contribution in [1.82, 2.24) is 5.32 Å². The van der Waals surface area contributed by atoms with Gasteiger partial charge in [0.05, 0.1) is 0 Å². The number of hydrogen-bond acceptors (Lipinski definition) is 1. The van der Waals surface area contributed by atoms with Crippen molar-refractivity contribution < 1.29 is 0 Å². The number of nitrogens with one attached hydrogen (secondary N) is 1. The minimum atomic E-state index is 0. The Balaban J connectivity index is 0.000000653. The van der Waals surface area contributed by atoms with E-state index in [4.69, 9.17) is 11.6 Å². The molecular weight excluding hydrogens is 205 g/mol. The highest BCUT2D eigenvalue weighted by atomic mass is 35.5. The van der Waals surface area contributed by atoms with Gasteiger partial charge in [0.2, 0.25) is 0 Å². The summed E-state index contributed by atoms with van der Waals surface area (Å²) in [7, 11) is 0. The molecule has 0 aromatic rings. The van der Waals surface area contributed by atoms with Gasteiger partial charge in [-0.1, -0.05) is 0 Å². The summed E-state index contributed by atoms with van der Waals surface area (Å²) in [4.78, 5) is 0.283. The highest BCUT2D eigenvalue weighted by molar-refractivity contribution is 6.26. The van der Waals surface area contributed by atoms with Gasteiger partial charge in [-0.3, -0.25) is 0 Å². The first kappa shape index (κ1) is 10.1. The van der Waals surface area contributed by atoms with Gasteiger partial charge in [0.1, 0.15) is 0 Å². The molecule has 1 N–H and O–H groups in total. The van der Waals surface area contributed by atoms with E-state index in [0.29, 0.717) is 0 Å². The minimum absolute atomic E-state index is 0. The molecule has 0 amide bonds. The van der Waals surface area contributed by atoms with Crippen molar-refractivity contribution >= 4 is 24.0 Å². The van der Waals surface area contributed by atoms with Crippen LogP contribution in [0.2, 0.25) is 0 Å². The van der Waals surface area contributed by atoms with E-state index in [9.17, 15) is 0 Å². The Labute approximate surface area is 91.0 Å². The second-order valence-corrected chi connectivity index (χ2v) is 5.87. The standard InChI is InChI=1S/C10H16ClN.ClH/c11-10-5-9(6-10,7-10)8-1-3-12-4-2-8;/h8,12H,1-7H2;1H. The maximum atomic E-state index is 6.26. The molecule has 76 valence electrons. The number of alkyl halides is 1. The Hall–Kier alpha value is 0.540. The van der Waals surface area contributed by atoms with E-state index in [0.717, 1.165) is 11.3 Å². The smallest absolute Gasteiger partial charge is 0.0463 e. The lowest BCUT2D eigenvalue weighted by Crippen LogP contribution is -2.67. The van der Waals surface area contributed by atoms with Crippen LogP contribution in [0.3, 0.4) is 0 Å². The molecule has 1 nitrogen and oxygen atoms in total. The van der Waals surface area contributed by atoms with Gasteiger partial charge in [0.25, 0.3) is 0 Å². The van der Waals surface area contributed by atoms with Crippen LogP contribution in [-0.2, 0) is 0 Å². The van der Waals surface area contributed by atoms with E-state index in [1.165, 1.54) is 45.2 Å². The molecule has 4 rings (SSSR count). The van der Waals surface area contributed by atoms with Gasteiger partial charge in [-0.2, -0.15) is 0 Å². The molecule has 1 heterocycles. The van der Waals surface area contributed by atoms with E-state index in [-0.39, 0.29) is 17.3 Å². The lowest BCUT2D eigenvalue weighted by atomic mass is 9.38. The SMILES string of the molecule is Cl.ClC12CC(C3CCNCC3)(C1)C2. The highest BCUT2D eigenvalue weighted by Crippen LogP contribution is 2.74. The molecule has 0 aromatic heterocycles. The molecule has 1 saturated heterocycles. The van der Waals surface area contributed by atoms with Crippen LogP contribution in [-0.4, -0.2) is 18.0 Å². The zero-order chi connectivity index (χ0) is 8.23. The van der Waals surface area contributed by atoms with Crippen LogP contribution in [0.5, 0.6) is 0 Å². The van der Waals surface area contributed by atoms with Crippen molar-refractivity contribution in [1.29, 1.82) is 0 Å². The predicted molar refractivity (Wildman–Crippen MR) is 57.7 cm³/mol. The van der Waals surface area contributed by atoms with Crippen LogP contribution in [0, 0.1) is 11.3 Å². The zero-order valence-corrected chi connectivity index (χ0v) is 9.39. The highest BCUT2D eigenvalue weighted by Gasteiger charge is 2.69. The third-order valence-corrected chi connectivity index (χ3v) is 4.61. The molecular formula is C10H17Cl2N. The topological polar surface area (TPSA) is 12.0 Å². The van der Waals surface area contributed by atoms with Gasteiger partial charge in [-0.05, 0) is 56.5 Å². The summed E-state index contributed by atoms with van der Waals surface area (Å²) in [6, 6.07) is 0. The first-order chi connectivity index (χ1) is 5.73. The van der Waals surface area contributed by atoms with E-state index < -0.39 is 0 Å². The third-order valence-electron chi connectivity index (χ3n) is 4.21. The number of hydrogen-bond donors (Lipinski definition) is 1. The molecule has 0 aromatic carbocycles. The Morgan fingerprint density at radius 3 is 2.08 bits per heavy atom. The molecule has 3 aliphatic carbocycles. The van der Waals surface area contributed by atoms with Crippen LogP contribution < -0.4 is 5.32 Å². The average Bonchev–Trinajstić information content (AvgIpc) is 1.99. The van der Waals surface area contributed by atoms with Gasteiger partial charge in [-0.25, -0.2) is 0 Å². The third kappa shape index (κ3) is 1.32. The second kappa shape index (κ2) is 3.01. The van der Waals surface area contributed by atoms with Crippen molar-refractivity contribution in [3.63, 3.8) is 0 Å². The predicted octanol–water partition coefficient (Wildman–Crippen LogP) is 2.57. The second-order valence-electron chi connectivity index (χ2n) is 5.07. The van der Waals surface area contributed by atoms with Crippen molar-refractivity contribution in [2.24, 2.45) is 11.3 Å². The van der Waals surface area contributed by atoms with E-state index >= 15 is 0 Å². The van der Waals surface area contributed by atoms with Crippen molar-refractivity contribution in [3.8, 4) is 0 Å². The normalized spacial score (nSPS) is 48.7. The summed E-state index contributed by atoms with van der Waals surface area (Å²) in [5.41, 5.74) is 0.726. The van der Waals surface area contributed by atoms with Gasteiger partial charge in [0, 0.05) is 4.87 Å². The Morgan fingerprint density at radius 1 is 1.08 bits per heavy atom. The fourth-order valence-corrected chi connectivity index (χ4v) is 4.40.